The number of carbonyl (C=O) groups is 2. The van der Waals surface area contributed by atoms with Crippen molar-refractivity contribution in [1.29, 1.82) is 0 Å². The first kappa shape index (κ1) is 19.2. The maximum Gasteiger partial charge on any atom is 0.407 e. The fraction of sp³-hybridized carbons (Fsp3) is 0.263. The van der Waals surface area contributed by atoms with Crippen molar-refractivity contribution in [1.82, 2.24) is 5.32 Å². The molecule has 25 heavy (non-hydrogen) atoms. The lowest BCUT2D eigenvalue weighted by molar-refractivity contribution is 0.0523. The number of alkyl carbamates (subject to hydrolysis) is 1. The number of rotatable bonds is 4. The summed E-state index contributed by atoms with van der Waals surface area (Å²) in [4.78, 5) is 23.9. The Kier molecular flexibility index (Phi) is 6.41. The number of ether oxygens (including phenoxy) is 1. The predicted octanol–water partition coefficient (Wildman–Crippen LogP) is 4.57. The monoisotopic (exact) mass is 452 g/mol. The highest BCUT2D eigenvalue weighted by atomic mass is 127. The van der Waals surface area contributed by atoms with E-state index in [-0.39, 0.29) is 5.91 Å². The Morgan fingerprint density at radius 3 is 2.28 bits per heavy atom. The summed E-state index contributed by atoms with van der Waals surface area (Å²) < 4.78 is 6.09. The lowest BCUT2D eigenvalue weighted by Gasteiger charge is -2.19. The second-order valence-corrected chi connectivity index (χ2v) is 7.65. The molecule has 0 heterocycles. The van der Waals surface area contributed by atoms with E-state index in [4.69, 9.17) is 4.74 Å². The average molecular weight is 452 g/mol. The summed E-state index contributed by atoms with van der Waals surface area (Å²) in [7, 11) is 0. The summed E-state index contributed by atoms with van der Waals surface area (Å²) >= 11 is 2.14. The van der Waals surface area contributed by atoms with Crippen LogP contribution in [-0.2, 0) is 11.3 Å². The van der Waals surface area contributed by atoms with Crippen LogP contribution in [0.25, 0.3) is 0 Å². The Labute approximate surface area is 161 Å². The highest BCUT2D eigenvalue weighted by Crippen LogP contribution is 2.15. The van der Waals surface area contributed by atoms with E-state index < -0.39 is 11.7 Å². The molecular weight excluding hydrogens is 431 g/mol. The Bertz CT molecular complexity index is 752. The van der Waals surface area contributed by atoms with Gasteiger partial charge in [-0.1, -0.05) is 24.3 Å². The Morgan fingerprint density at radius 2 is 1.68 bits per heavy atom. The van der Waals surface area contributed by atoms with Crippen molar-refractivity contribution in [2.24, 2.45) is 0 Å². The second-order valence-electron chi connectivity index (χ2n) is 6.49. The third-order valence-corrected chi connectivity index (χ3v) is 4.11. The highest BCUT2D eigenvalue weighted by Gasteiger charge is 2.15. The predicted molar refractivity (Wildman–Crippen MR) is 107 cm³/mol. The number of nitrogens with one attached hydrogen (secondary N) is 2. The summed E-state index contributed by atoms with van der Waals surface area (Å²) in [5.41, 5.74) is 1.73. The third-order valence-electron chi connectivity index (χ3n) is 3.17. The van der Waals surface area contributed by atoms with E-state index in [0.29, 0.717) is 17.8 Å². The molecule has 0 aromatic heterocycles. The normalized spacial score (nSPS) is 10.9. The molecule has 0 saturated carbocycles. The highest BCUT2D eigenvalue weighted by molar-refractivity contribution is 14.1. The topological polar surface area (TPSA) is 67.4 Å². The van der Waals surface area contributed by atoms with Gasteiger partial charge in [0.1, 0.15) is 5.60 Å². The van der Waals surface area contributed by atoms with Gasteiger partial charge in [-0.05, 0) is 73.2 Å². The largest absolute Gasteiger partial charge is 0.444 e. The molecule has 0 spiro atoms. The number of carbonyl (C=O) groups excluding carboxylic acids is 2. The molecule has 0 aliphatic rings. The maximum absolute atomic E-state index is 12.3. The van der Waals surface area contributed by atoms with Crippen LogP contribution in [0.4, 0.5) is 10.5 Å². The van der Waals surface area contributed by atoms with Crippen LogP contribution < -0.4 is 10.6 Å². The summed E-state index contributed by atoms with van der Waals surface area (Å²) in [6, 6.07) is 14.7. The molecule has 0 aliphatic carbocycles. The van der Waals surface area contributed by atoms with Crippen molar-refractivity contribution < 1.29 is 14.3 Å². The molecule has 132 valence electrons. The van der Waals surface area contributed by atoms with Crippen LogP contribution in [0, 0.1) is 3.57 Å². The Hall–Kier alpha value is -2.09. The standard InChI is InChI=1S/C19H21IN2O3/c1-19(2,3)25-18(24)21-12-13-8-10-14(11-9-13)22-17(23)15-6-4-5-7-16(15)20/h4-11H,12H2,1-3H3,(H,21,24)(H,22,23). The van der Waals surface area contributed by atoms with E-state index in [1.54, 1.807) is 18.2 Å². The quantitative estimate of drug-likeness (QED) is 0.669. The second kappa shape index (κ2) is 8.33. The zero-order valence-electron chi connectivity index (χ0n) is 14.4. The minimum atomic E-state index is -0.521. The molecule has 5 nitrogen and oxygen atoms in total. The van der Waals surface area contributed by atoms with E-state index >= 15 is 0 Å². The van der Waals surface area contributed by atoms with Gasteiger partial charge in [-0.25, -0.2) is 4.79 Å². The molecule has 0 atom stereocenters. The number of hydrogen-bond donors (Lipinski definition) is 2. The van der Waals surface area contributed by atoms with Gasteiger partial charge in [0, 0.05) is 15.8 Å². The van der Waals surface area contributed by atoms with Crippen LogP contribution >= 0.6 is 22.6 Å². The van der Waals surface area contributed by atoms with Gasteiger partial charge in [0.15, 0.2) is 0 Å². The minimum absolute atomic E-state index is 0.148. The zero-order valence-corrected chi connectivity index (χ0v) is 16.6. The summed E-state index contributed by atoms with van der Waals surface area (Å²) in [6.07, 6.45) is -0.455. The van der Waals surface area contributed by atoms with E-state index in [0.717, 1.165) is 9.13 Å². The fourth-order valence-electron chi connectivity index (χ4n) is 2.04. The molecule has 6 heteroatoms. The summed E-state index contributed by atoms with van der Waals surface area (Å²) in [6.45, 7) is 5.81. The van der Waals surface area contributed by atoms with Crippen LogP contribution in [0.2, 0.25) is 0 Å². The van der Waals surface area contributed by atoms with E-state index in [1.807, 2.05) is 51.1 Å². The van der Waals surface area contributed by atoms with E-state index in [1.165, 1.54) is 0 Å². The lowest BCUT2D eigenvalue weighted by atomic mass is 10.2. The van der Waals surface area contributed by atoms with Crippen molar-refractivity contribution >= 4 is 40.3 Å². The average Bonchev–Trinajstić information content (AvgIpc) is 2.53. The van der Waals surface area contributed by atoms with E-state index in [9.17, 15) is 9.59 Å². The van der Waals surface area contributed by atoms with Crippen molar-refractivity contribution in [2.45, 2.75) is 32.9 Å². The SMILES string of the molecule is CC(C)(C)OC(=O)NCc1ccc(NC(=O)c2ccccc2I)cc1. The van der Waals surface area contributed by atoms with Crippen molar-refractivity contribution in [2.75, 3.05) is 5.32 Å². The molecule has 0 bridgehead atoms. The zero-order chi connectivity index (χ0) is 18.4. The van der Waals surface area contributed by atoms with Gasteiger partial charge in [0.25, 0.3) is 5.91 Å². The fourth-order valence-corrected chi connectivity index (χ4v) is 2.67. The van der Waals surface area contributed by atoms with Crippen LogP contribution in [-0.4, -0.2) is 17.6 Å². The third kappa shape index (κ3) is 6.38. The first-order valence-electron chi connectivity index (χ1n) is 7.86. The van der Waals surface area contributed by atoms with Gasteiger partial charge in [-0.3, -0.25) is 4.79 Å². The molecule has 0 fully saturated rings. The smallest absolute Gasteiger partial charge is 0.407 e. The first-order valence-corrected chi connectivity index (χ1v) is 8.94. The molecule has 2 amide bonds. The number of halogens is 1. The Morgan fingerprint density at radius 1 is 1.04 bits per heavy atom. The minimum Gasteiger partial charge on any atom is -0.444 e. The number of anilines is 1. The van der Waals surface area contributed by atoms with Crippen molar-refractivity contribution in [3.63, 3.8) is 0 Å². The lowest BCUT2D eigenvalue weighted by Crippen LogP contribution is -2.32. The molecule has 2 aromatic rings. The van der Waals surface area contributed by atoms with Crippen molar-refractivity contribution in [3.8, 4) is 0 Å². The van der Waals surface area contributed by atoms with Gasteiger partial charge in [0.2, 0.25) is 0 Å². The number of benzene rings is 2. The Balaban J connectivity index is 1.91. The van der Waals surface area contributed by atoms with Gasteiger partial charge in [-0.2, -0.15) is 0 Å². The number of hydrogen-bond acceptors (Lipinski definition) is 3. The van der Waals surface area contributed by atoms with Gasteiger partial charge < -0.3 is 15.4 Å². The first-order chi connectivity index (χ1) is 11.7. The summed E-state index contributed by atoms with van der Waals surface area (Å²) in [5.74, 6) is -0.148. The summed E-state index contributed by atoms with van der Waals surface area (Å²) in [5, 5.41) is 5.57. The van der Waals surface area contributed by atoms with Crippen LogP contribution in [0.3, 0.4) is 0 Å². The molecule has 2 rings (SSSR count). The van der Waals surface area contributed by atoms with E-state index in [2.05, 4.69) is 33.2 Å². The molecule has 0 radical (unpaired) electrons. The molecule has 2 aromatic carbocycles. The molecule has 2 N–H and O–H groups in total. The maximum atomic E-state index is 12.3. The molecule has 0 aliphatic heterocycles. The van der Waals surface area contributed by atoms with Crippen LogP contribution in [0.5, 0.6) is 0 Å². The number of amides is 2. The van der Waals surface area contributed by atoms with Gasteiger partial charge >= 0.3 is 6.09 Å². The van der Waals surface area contributed by atoms with Gasteiger partial charge in [0.05, 0.1) is 5.56 Å². The van der Waals surface area contributed by atoms with Gasteiger partial charge in [-0.15, -0.1) is 0 Å². The van der Waals surface area contributed by atoms with Crippen molar-refractivity contribution in [3.05, 3.63) is 63.2 Å². The van der Waals surface area contributed by atoms with Crippen LogP contribution in [0.1, 0.15) is 36.7 Å². The molecule has 0 saturated heterocycles. The molecule has 0 unspecified atom stereocenters. The van der Waals surface area contributed by atoms with Crippen LogP contribution in [0.15, 0.2) is 48.5 Å². The molecular formula is C19H21IN2O3.